The van der Waals surface area contributed by atoms with E-state index in [4.69, 9.17) is 34.8 Å². The standard InChI is InChI=1S/C17H12Cl3N5O2/c1-10-6-2-3-7-11(10)21-17(15(25(26)27)14(18)16(19)20)24-13-9-5-4-8-12(13)22-23-24/h2-9,21H,1H3/b17-15-. The first-order valence-electron chi connectivity index (χ1n) is 7.63. The lowest BCUT2D eigenvalue weighted by molar-refractivity contribution is -0.419. The summed E-state index contributed by atoms with van der Waals surface area (Å²) < 4.78 is 0.857. The number of aryl methyl sites for hydroxylation is 1. The van der Waals surface area contributed by atoms with Crippen molar-refractivity contribution in [2.24, 2.45) is 0 Å². The third-order valence-corrected chi connectivity index (χ3v) is 4.68. The summed E-state index contributed by atoms with van der Waals surface area (Å²) in [6, 6.07) is 14.3. The van der Waals surface area contributed by atoms with Crippen LogP contribution in [-0.2, 0) is 0 Å². The maximum absolute atomic E-state index is 11.8. The van der Waals surface area contributed by atoms with Gasteiger partial charge in [0.05, 0.1) is 10.4 Å². The predicted molar refractivity (Wildman–Crippen MR) is 107 cm³/mol. The molecular formula is C17H12Cl3N5O2. The topological polar surface area (TPSA) is 85.9 Å². The molecule has 0 atom stereocenters. The van der Waals surface area contributed by atoms with Gasteiger partial charge in [-0.1, -0.05) is 70.3 Å². The van der Waals surface area contributed by atoms with Crippen LogP contribution in [0.1, 0.15) is 5.56 Å². The molecule has 0 radical (unpaired) electrons. The van der Waals surface area contributed by atoms with Gasteiger partial charge in [-0.3, -0.25) is 10.1 Å². The summed E-state index contributed by atoms with van der Waals surface area (Å²) in [6.45, 7) is 1.86. The van der Waals surface area contributed by atoms with E-state index in [9.17, 15) is 10.1 Å². The van der Waals surface area contributed by atoms with Gasteiger partial charge in [-0.15, -0.1) is 5.10 Å². The third-order valence-electron chi connectivity index (χ3n) is 3.74. The average Bonchev–Trinajstić information content (AvgIpc) is 3.06. The maximum atomic E-state index is 11.8. The fourth-order valence-corrected chi connectivity index (χ4v) is 2.78. The molecule has 2 aromatic carbocycles. The zero-order valence-corrected chi connectivity index (χ0v) is 16.1. The van der Waals surface area contributed by atoms with Crippen LogP contribution in [0.5, 0.6) is 0 Å². The maximum Gasteiger partial charge on any atom is 0.332 e. The molecule has 0 spiro atoms. The Morgan fingerprint density at radius 1 is 1.11 bits per heavy atom. The minimum Gasteiger partial charge on any atom is -0.334 e. The van der Waals surface area contributed by atoms with E-state index in [-0.39, 0.29) is 5.82 Å². The highest BCUT2D eigenvalue weighted by Crippen LogP contribution is 2.31. The molecule has 1 N–H and O–H groups in total. The van der Waals surface area contributed by atoms with Crippen molar-refractivity contribution >= 4 is 57.3 Å². The van der Waals surface area contributed by atoms with Crippen LogP contribution in [0.3, 0.4) is 0 Å². The second-order valence-electron chi connectivity index (χ2n) is 5.46. The molecule has 3 rings (SSSR count). The molecule has 0 aliphatic heterocycles. The number of para-hydroxylation sites is 2. The van der Waals surface area contributed by atoms with E-state index in [1.165, 1.54) is 4.68 Å². The summed E-state index contributed by atoms with van der Waals surface area (Å²) in [5.74, 6) is -0.0354. The second-order valence-corrected chi connectivity index (χ2v) is 6.79. The number of hydrogen-bond acceptors (Lipinski definition) is 5. The summed E-state index contributed by atoms with van der Waals surface area (Å²) in [5.41, 5.74) is 2.06. The molecule has 0 unspecified atom stereocenters. The van der Waals surface area contributed by atoms with Crippen molar-refractivity contribution in [2.45, 2.75) is 6.92 Å². The fourth-order valence-electron chi connectivity index (χ4n) is 2.45. The molecule has 0 bridgehead atoms. The molecule has 138 valence electrons. The molecular weight excluding hydrogens is 413 g/mol. The highest BCUT2D eigenvalue weighted by Gasteiger charge is 2.29. The molecule has 7 nitrogen and oxygen atoms in total. The van der Waals surface area contributed by atoms with Crippen molar-refractivity contribution in [2.75, 3.05) is 5.32 Å². The van der Waals surface area contributed by atoms with Crippen molar-refractivity contribution < 1.29 is 4.92 Å². The molecule has 0 aliphatic carbocycles. The molecule has 0 aliphatic rings. The first kappa shape index (κ1) is 19.2. The number of fused-ring (bicyclic) bond motifs is 1. The van der Waals surface area contributed by atoms with Gasteiger partial charge in [0.2, 0.25) is 5.82 Å². The molecule has 1 aromatic heterocycles. The SMILES string of the molecule is Cc1ccccc1N/C(=C(\C(Cl)=C(Cl)Cl)[N+](=O)[O-])n1nnc2ccccc21. The molecule has 3 aromatic rings. The van der Waals surface area contributed by atoms with Crippen molar-refractivity contribution in [1.29, 1.82) is 0 Å². The van der Waals surface area contributed by atoms with Gasteiger partial charge in [-0.25, -0.2) is 0 Å². The monoisotopic (exact) mass is 423 g/mol. The number of nitro groups is 1. The van der Waals surface area contributed by atoms with E-state index >= 15 is 0 Å². The van der Waals surface area contributed by atoms with E-state index in [1.807, 2.05) is 19.1 Å². The Balaban J connectivity index is 2.32. The molecule has 0 saturated carbocycles. The number of rotatable bonds is 5. The predicted octanol–water partition coefficient (Wildman–Crippen LogP) is 5.14. The summed E-state index contributed by atoms with van der Waals surface area (Å²) in [7, 11) is 0. The Kier molecular flexibility index (Phi) is 5.65. The quantitative estimate of drug-likeness (QED) is 0.348. The molecule has 27 heavy (non-hydrogen) atoms. The number of aromatic nitrogens is 3. The molecule has 10 heteroatoms. The van der Waals surface area contributed by atoms with Gasteiger partial charge in [0.15, 0.2) is 5.03 Å². The fraction of sp³-hybridized carbons (Fsp3) is 0.0588. The van der Waals surface area contributed by atoms with Crippen LogP contribution in [0.2, 0.25) is 0 Å². The molecule has 0 amide bonds. The summed E-state index contributed by atoms with van der Waals surface area (Å²) >= 11 is 17.5. The van der Waals surface area contributed by atoms with Gasteiger partial charge in [0, 0.05) is 5.69 Å². The van der Waals surface area contributed by atoms with Crippen LogP contribution in [0.25, 0.3) is 16.9 Å². The van der Waals surface area contributed by atoms with Gasteiger partial charge < -0.3 is 5.32 Å². The minimum absolute atomic E-state index is 0.0354. The van der Waals surface area contributed by atoms with Gasteiger partial charge in [-0.2, -0.15) is 4.68 Å². The van der Waals surface area contributed by atoms with Crippen LogP contribution in [0.15, 0.2) is 63.8 Å². The average molecular weight is 425 g/mol. The van der Waals surface area contributed by atoms with Crippen LogP contribution < -0.4 is 5.32 Å². The Hall–Kier alpha value is -2.61. The Morgan fingerprint density at radius 2 is 1.78 bits per heavy atom. The second kappa shape index (κ2) is 7.96. The lowest BCUT2D eigenvalue weighted by Crippen LogP contribution is -2.17. The number of nitrogens with one attached hydrogen (secondary N) is 1. The van der Waals surface area contributed by atoms with Gasteiger partial charge in [0.25, 0.3) is 0 Å². The van der Waals surface area contributed by atoms with E-state index < -0.39 is 20.1 Å². The first-order chi connectivity index (χ1) is 12.9. The third kappa shape index (κ3) is 3.90. The number of halogens is 3. The summed E-state index contributed by atoms with van der Waals surface area (Å²) in [6.07, 6.45) is 0. The highest BCUT2D eigenvalue weighted by molar-refractivity contribution is 6.59. The van der Waals surface area contributed by atoms with Crippen molar-refractivity contribution in [3.8, 4) is 0 Å². The molecule has 0 fully saturated rings. The van der Waals surface area contributed by atoms with Gasteiger partial charge >= 0.3 is 5.70 Å². The number of hydrogen-bond donors (Lipinski definition) is 1. The van der Waals surface area contributed by atoms with Crippen LogP contribution >= 0.6 is 34.8 Å². The Morgan fingerprint density at radius 3 is 2.44 bits per heavy atom. The Bertz CT molecular complexity index is 1090. The first-order valence-corrected chi connectivity index (χ1v) is 8.77. The number of benzene rings is 2. The van der Waals surface area contributed by atoms with Crippen molar-refractivity contribution in [3.05, 3.63) is 79.4 Å². The number of anilines is 1. The van der Waals surface area contributed by atoms with Gasteiger partial charge in [0.1, 0.15) is 10.0 Å². The van der Waals surface area contributed by atoms with Crippen molar-refractivity contribution in [1.82, 2.24) is 15.0 Å². The van der Waals surface area contributed by atoms with Crippen molar-refractivity contribution in [3.63, 3.8) is 0 Å². The van der Waals surface area contributed by atoms with Gasteiger partial charge in [-0.05, 0) is 30.7 Å². The largest absolute Gasteiger partial charge is 0.334 e. The smallest absolute Gasteiger partial charge is 0.332 e. The minimum atomic E-state index is -0.676. The molecule has 0 saturated heterocycles. The highest BCUT2D eigenvalue weighted by atomic mass is 35.5. The molecule has 1 heterocycles. The van der Waals surface area contributed by atoms with E-state index in [0.29, 0.717) is 16.7 Å². The number of nitrogens with zero attached hydrogens (tertiary/aromatic N) is 4. The van der Waals surface area contributed by atoms with Crippen LogP contribution in [0, 0.1) is 17.0 Å². The normalized spacial score (nSPS) is 11.9. The van der Waals surface area contributed by atoms with Crippen LogP contribution in [-0.4, -0.2) is 19.9 Å². The van der Waals surface area contributed by atoms with E-state index in [1.54, 1.807) is 36.4 Å². The van der Waals surface area contributed by atoms with E-state index in [0.717, 1.165) is 5.56 Å². The Labute approximate surface area is 169 Å². The lowest BCUT2D eigenvalue weighted by atomic mass is 10.2. The van der Waals surface area contributed by atoms with E-state index in [2.05, 4.69) is 15.6 Å². The zero-order valence-electron chi connectivity index (χ0n) is 13.9. The zero-order chi connectivity index (χ0) is 19.6. The lowest BCUT2D eigenvalue weighted by Gasteiger charge is -2.14. The van der Waals surface area contributed by atoms with Crippen LogP contribution in [0.4, 0.5) is 5.69 Å². The number of allylic oxidation sites excluding steroid dienone is 1. The summed E-state index contributed by atoms with van der Waals surface area (Å²) in [5, 5.41) is 22.5. The summed E-state index contributed by atoms with van der Waals surface area (Å²) in [4.78, 5) is 11.1.